The van der Waals surface area contributed by atoms with Gasteiger partial charge in [-0.25, -0.2) is 0 Å². The Kier molecular flexibility index (Phi) is 4.19. The topological polar surface area (TPSA) is 59.8 Å². The molecule has 2 heterocycles. The van der Waals surface area contributed by atoms with Crippen molar-refractivity contribution in [2.75, 3.05) is 11.5 Å². The molecule has 23 heavy (non-hydrogen) atoms. The van der Waals surface area contributed by atoms with Gasteiger partial charge in [-0.2, -0.15) is 0 Å². The summed E-state index contributed by atoms with van der Waals surface area (Å²) >= 11 is 0. The summed E-state index contributed by atoms with van der Waals surface area (Å²) in [6.07, 6.45) is 1.49. The predicted octanol–water partition coefficient (Wildman–Crippen LogP) is 3.05. The standard InChI is InChI=1S/C18H19NO4/c1-3-22-18(21)15-12(2)19(11-13-7-5-4-6-8-13)17-14(16(15)20)9-10-23-17/h4-10,12,15H,3,11H2,1-2H3. The maximum atomic E-state index is 12.6. The molecule has 0 saturated carbocycles. The highest BCUT2D eigenvalue weighted by Crippen LogP contribution is 2.36. The lowest BCUT2D eigenvalue weighted by atomic mass is 9.87. The van der Waals surface area contributed by atoms with Crippen LogP contribution in [0.15, 0.2) is 47.1 Å². The number of ketones is 1. The molecule has 2 unspecified atom stereocenters. The maximum Gasteiger partial charge on any atom is 0.318 e. The Balaban J connectivity index is 1.96. The molecule has 1 aromatic carbocycles. The van der Waals surface area contributed by atoms with E-state index in [1.165, 1.54) is 6.26 Å². The molecule has 1 aliphatic heterocycles. The normalized spacial score (nSPS) is 20.3. The second-order valence-corrected chi connectivity index (χ2v) is 5.59. The molecule has 1 aliphatic rings. The number of ether oxygens (including phenoxy) is 1. The Morgan fingerprint density at radius 3 is 2.70 bits per heavy atom. The Bertz CT molecular complexity index is 707. The molecular formula is C18H19NO4. The lowest BCUT2D eigenvalue weighted by molar-refractivity contribution is -0.146. The van der Waals surface area contributed by atoms with Crippen LogP contribution in [0, 0.1) is 5.92 Å². The molecule has 0 radical (unpaired) electrons. The van der Waals surface area contributed by atoms with Crippen LogP contribution in [0.25, 0.3) is 0 Å². The van der Waals surface area contributed by atoms with Gasteiger partial charge in [-0.15, -0.1) is 0 Å². The number of hydrogen-bond acceptors (Lipinski definition) is 5. The first-order valence-corrected chi connectivity index (χ1v) is 7.72. The third kappa shape index (κ3) is 2.74. The number of nitrogens with zero attached hydrogens (tertiary/aromatic N) is 1. The summed E-state index contributed by atoms with van der Waals surface area (Å²) in [7, 11) is 0. The maximum absolute atomic E-state index is 12.6. The summed E-state index contributed by atoms with van der Waals surface area (Å²) in [4.78, 5) is 26.8. The van der Waals surface area contributed by atoms with Crippen molar-refractivity contribution in [1.29, 1.82) is 0 Å². The fourth-order valence-electron chi connectivity index (χ4n) is 2.99. The van der Waals surface area contributed by atoms with Gasteiger partial charge in [0.1, 0.15) is 5.92 Å². The molecule has 0 N–H and O–H groups in total. The molecule has 5 heteroatoms. The van der Waals surface area contributed by atoms with Gasteiger partial charge in [0.25, 0.3) is 0 Å². The quantitative estimate of drug-likeness (QED) is 0.641. The predicted molar refractivity (Wildman–Crippen MR) is 85.2 cm³/mol. The van der Waals surface area contributed by atoms with E-state index in [1.54, 1.807) is 13.0 Å². The highest BCUT2D eigenvalue weighted by molar-refractivity contribution is 6.13. The van der Waals surface area contributed by atoms with Crippen molar-refractivity contribution in [3.8, 4) is 0 Å². The minimum atomic E-state index is -0.830. The van der Waals surface area contributed by atoms with Crippen LogP contribution in [0.4, 0.5) is 5.88 Å². The molecule has 2 atom stereocenters. The summed E-state index contributed by atoms with van der Waals surface area (Å²) in [6.45, 7) is 4.41. The first-order chi connectivity index (χ1) is 11.1. The smallest absolute Gasteiger partial charge is 0.318 e. The van der Waals surface area contributed by atoms with Crippen LogP contribution in [-0.2, 0) is 16.1 Å². The van der Waals surface area contributed by atoms with Crippen molar-refractivity contribution in [3.05, 3.63) is 53.8 Å². The number of carbonyl (C=O) groups is 2. The van der Waals surface area contributed by atoms with Crippen LogP contribution in [0.1, 0.15) is 29.8 Å². The number of hydrogen-bond donors (Lipinski definition) is 0. The van der Waals surface area contributed by atoms with Gasteiger partial charge >= 0.3 is 5.97 Å². The zero-order chi connectivity index (χ0) is 16.4. The first-order valence-electron chi connectivity index (χ1n) is 7.72. The number of carbonyl (C=O) groups excluding carboxylic acids is 2. The lowest BCUT2D eigenvalue weighted by Gasteiger charge is -2.37. The van der Waals surface area contributed by atoms with E-state index in [9.17, 15) is 9.59 Å². The van der Waals surface area contributed by atoms with E-state index in [1.807, 2.05) is 42.2 Å². The average molecular weight is 313 g/mol. The minimum absolute atomic E-state index is 0.232. The first kappa shape index (κ1) is 15.3. The highest BCUT2D eigenvalue weighted by Gasteiger charge is 2.44. The molecule has 1 aromatic heterocycles. The van der Waals surface area contributed by atoms with Crippen LogP contribution in [-0.4, -0.2) is 24.4 Å². The number of Topliss-reactive ketones (excluding diaryl/α,β-unsaturated/α-hetero) is 1. The lowest BCUT2D eigenvalue weighted by Crippen LogP contribution is -2.49. The largest absolute Gasteiger partial charge is 0.465 e. The fourth-order valence-corrected chi connectivity index (χ4v) is 2.99. The summed E-state index contributed by atoms with van der Waals surface area (Å²) in [5.41, 5.74) is 1.52. The molecule has 0 aliphatic carbocycles. The van der Waals surface area contributed by atoms with E-state index in [4.69, 9.17) is 9.15 Å². The minimum Gasteiger partial charge on any atom is -0.465 e. The molecule has 2 aromatic rings. The summed E-state index contributed by atoms with van der Waals surface area (Å²) in [6, 6.07) is 11.2. The second-order valence-electron chi connectivity index (χ2n) is 5.59. The van der Waals surface area contributed by atoms with Gasteiger partial charge in [0.05, 0.1) is 24.5 Å². The summed E-state index contributed by atoms with van der Waals surface area (Å²) in [5, 5.41) is 0. The van der Waals surface area contributed by atoms with Gasteiger partial charge in [-0.05, 0) is 25.5 Å². The van der Waals surface area contributed by atoms with Crippen molar-refractivity contribution in [3.63, 3.8) is 0 Å². The van der Waals surface area contributed by atoms with Crippen molar-refractivity contribution >= 4 is 17.6 Å². The Morgan fingerprint density at radius 1 is 1.26 bits per heavy atom. The molecule has 120 valence electrons. The number of anilines is 1. The number of benzene rings is 1. The zero-order valence-electron chi connectivity index (χ0n) is 13.2. The number of fused-ring (bicyclic) bond motifs is 1. The monoisotopic (exact) mass is 313 g/mol. The summed E-state index contributed by atoms with van der Waals surface area (Å²) < 4.78 is 10.6. The van der Waals surface area contributed by atoms with E-state index in [0.717, 1.165) is 5.56 Å². The second kappa shape index (κ2) is 6.28. The SMILES string of the molecule is CCOC(=O)C1C(=O)c2ccoc2N(Cc2ccccc2)C1C. The van der Waals surface area contributed by atoms with Crippen LogP contribution in [0.2, 0.25) is 0 Å². The molecule has 0 amide bonds. The number of furan rings is 1. The summed E-state index contributed by atoms with van der Waals surface area (Å²) in [5.74, 6) is -1.02. The third-order valence-electron chi connectivity index (χ3n) is 4.16. The van der Waals surface area contributed by atoms with E-state index in [-0.39, 0.29) is 18.4 Å². The van der Waals surface area contributed by atoms with Crippen molar-refractivity contribution in [1.82, 2.24) is 0 Å². The van der Waals surface area contributed by atoms with Crippen LogP contribution < -0.4 is 4.90 Å². The number of esters is 1. The van der Waals surface area contributed by atoms with Crippen molar-refractivity contribution in [2.45, 2.75) is 26.4 Å². The molecule has 3 rings (SSSR count). The van der Waals surface area contributed by atoms with Gasteiger partial charge in [-0.3, -0.25) is 9.59 Å². The van der Waals surface area contributed by atoms with E-state index in [2.05, 4.69) is 0 Å². The molecule has 5 nitrogen and oxygen atoms in total. The Labute approximate surface area is 134 Å². The van der Waals surface area contributed by atoms with Gasteiger partial charge < -0.3 is 14.1 Å². The fraction of sp³-hybridized carbons (Fsp3) is 0.333. The highest BCUT2D eigenvalue weighted by atomic mass is 16.5. The molecule has 0 saturated heterocycles. The van der Waals surface area contributed by atoms with Crippen molar-refractivity contribution in [2.24, 2.45) is 5.92 Å². The molecular weight excluding hydrogens is 294 g/mol. The third-order valence-corrected chi connectivity index (χ3v) is 4.16. The van der Waals surface area contributed by atoms with Gasteiger partial charge in [0.15, 0.2) is 5.78 Å². The Morgan fingerprint density at radius 2 is 2.00 bits per heavy atom. The van der Waals surface area contributed by atoms with Crippen molar-refractivity contribution < 1.29 is 18.7 Å². The Hall–Kier alpha value is -2.56. The van der Waals surface area contributed by atoms with Gasteiger partial charge in [-0.1, -0.05) is 30.3 Å². The molecule has 0 bridgehead atoms. The molecule has 0 fully saturated rings. The van der Waals surface area contributed by atoms with Gasteiger partial charge in [0.2, 0.25) is 5.88 Å². The zero-order valence-corrected chi connectivity index (χ0v) is 13.2. The molecule has 0 spiro atoms. The van der Waals surface area contributed by atoms with E-state index < -0.39 is 11.9 Å². The van der Waals surface area contributed by atoms with Crippen LogP contribution in [0.5, 0.6) is 0 Å². The van der Waals surface area contributed by atoms with Gasteiger partial charge in [0, 0.05) is 6.54 Å². The van der Waals surface area contributed by atoms with Crippen LogP contribution >= 0.6 is 0 Å². The number of rotatable bonds is 4. The van der Waals surface area contributed by atoms with E-state index in [0.29, 0.717) is 18.0 Å². The van der Waals surface area contributed by atoms with E-state index >= 15 is 0 Å². The van der Waals surface area contributed by atoms with Crippen LogP contribution in [0.3, 0.4) is 0 Å². The average Bonchev–Trinajstić information content (AvgIpc) is 3.03.